The summed E-state index contributed by atoms with van der Waals surface area (Å²) in [5, 5.41) is 15.7. The number of amides is 1. The average Bonchev–Trinajstić information content (AvgIpc) is 2.47. The average molecular weight is 294 g/mol. The molecule has 0 saturated heterocycles. The summed E-state index contributed by atoms with van der Waals surface area (Å²) in [5.41, 5.74) is 2.10. The summed E-state index contributed by atoms with van der Waals surface area (Å²) in [5.74, 6) is 0.375. The maximum absolute atomic E-state index is 11.4. The molecule has 0 heterocycles. The molecule has 1 aromatic rings. The minimum atomic E-state index is -0.613. The Balaban J connectivity index is 2.30. The minimum absolute atomic E-state index is 0.102. The number of carbonyl (C=O) groups excluding carboxylic acids is 1. The molecule has 1 unspecified atom stereocenters. The molecule has 0 saturated carbocycles. The Kier molecular flexibility index (Phi) is 7.97. The van der Waals surface area contributed by atoms with Crippen molar-refractivity contribution >= 4 is 5.91 Å². The third-order valence-electron chi connectivity index (χ3n) is 3.24. The molecule has 21 heavy (non-hydrogen) atoms. The van der Waals surface area contributed by atoms with Gasteiger partial charge in [-0.2, -0.15) is 0 Å². The molecule has 0 aliphatic rings. The van der Waals surface area contributed by atoms with Gasteiger partial charge in [-0.1, -0.05) is 38.1 Å². The van der Waals surface area contributed by atoms with Crippen molar-refractivity contribution in [1.29, 1.82) is 0 Å². The van der Waals surface area contributed by atoms with E-state index in [1.54, 1.807) is 7.11 Å². The van der Waals surface area contributed by atoms with Gasteiger partial charge < -0.3 is 20.5 Å². The molecular formula is C16H26N2O3. The highest BCUT2D eigenvalue weighted by molar-refractivity contribution is 5.77. The lowest BCUT2D eigenvalue weighted by atomic mass is 10.00. The molecule has 0 radical (unpaired) electrons. The Morgan fingerprint density at radius 3 is 2.43 bits per heavy atom. The standard InChI is InChI=1S/C16H26N2O3/c1-12(2)13-4-6-14(7-5-13)15(19)10-17-11-16(20)18-8-9-21-3/h4-7,12,15,17,19H,8-11H2,1-3H3,(H,18,20). The second kappa shape index (κ2) is 9.50. The predicted molar refractivity (Wildman–Crippen MR) is 83.2 cm³/mol. The maximum atomic E-state index is 11.4. The van der Waals surface area contributed by atoms with E-state index in [1.807, 2.05) is 24.3 Å². The number of benzene rings is 1. The zero-order chi connectivity index (χ0) is 15.7. The highest BCUT2D eigenvalue weighted by Gasteiger charge is 2.09. The van der Waals surface area contributed by atoms with Gasteiger partial charge in [-0.25, -0.2) is 0 Å². The fourth-order valence-electron chi connectivity index (χ4n) is 1.90. The molecule has 1 atom stereocenters. The fourth-order valence-corrected chi connectivity index (χ4v) is 1.90. The van der Waals surface area contributed by atoms with Gasteiger partial charge in [0.2, 0.25) is 5.91 Å². The fraction of sp³-hybridized carbons (Fsp3) is 0.562. The molecule has 5 nitrogen and oxygen atoms in total. The van der Waals surface area contributed by atoms with E-state index in [9.17, 15) is 9.90 Å². The summed E-state index contributed by atoms with van der Waals surface area (Å²) in [6.45, 7) is 5.79. The van der Waals surface area contributed by atoms with Crippen LogP contribution in [0.4, 0.5) is 0 Å². The number of methoxy groups -OCH3 is 1. The Labute approximate surface area is 126 Å². The summed E-state index contributed by atoms with van der Waals surface area (Å²) in [7, 11) is 1.59. The number of aliphatic hydroxyl groups excluding tert-OH is 1. The topological polar surface area (TPSA) is 70.6 Å². The molecule has 5 heteroatoms. The van der Waals surface area contributed by atoms with Crippen molar-refractivity contribution in [1.82, 2.24) is 10.6 Å². The first-order chi connectivity index (χ1) is 10.0. The van der Waals surface area contributed by atoms with Crippen LogP contribution in [0.3, 0.4) is 0 Å². The lowest BCUT2D eigenvalue weighted by Gasteiger charge is -2.13. The van der Waals surface area contributed by atoms with Gasteiger partial charge in [0.1, 0.15) is 0 Å². The van der Waals surface area contributed by atoms with Crippen molar-refractivity contribution in [3.63, 3.8) is 0 Å². The van der Waals surface area contributed by atoms with E-state index in [2.05, 4.69) is 24.5 Å². The monoisotopic (exact) mass is 294 g/mol. The van der Waals surface area contributed by atoms with E-state index < -0.39 is 6.10 Å². The van der Waals surface area contributed by atoms with Crippen LogP contribution in [0, 0.1) is 0 Å². The first-order valence-electron chi connectivity index (χ1n) is 7.29. The number of carbonyl (C=O) groups is 1. The first kappa shape index (κ1) is 17.6. The maximum Gasteiger partial charge on any atom is 0.234 e. The van der Waals surface area contributed by atoms with Gasteiger partial charge in [0.25, 0.3) is 0 Å². The zero-order valence-electron chi connectivity index (χ0n) is 13.1. The van der Waals surface area contributed by atoms with Crippen LogP contribution >= 0.6 is 0 Å². The zero-order valence-corrected chi connectivity index (χ0v) is 13.1. The number of nitrogens with one attached hydrogen (secondary N) is 2. The largest absolute Gasteiger partial charge is 0.387 e. The van der Waals surface area contributed by atoms with Crippen molar-refractivity contribution < 1.29 is 14.6 Å². The number of rotatable bonds is 9. The lowest BCUT2D eigenvalue weighted by Crippen LogP contribution is -2.37. The van der Waals surface area contributed by atoms with Gasteiger partial charge in [-0.15, -0.1) is 0 Å². The highest BCUT2D eigenvalue weighted by Crippen LogP contribution is 2.18. The van der Waals surface area contributed by atoms with E-state index in [0.29, 0.717) is 25.6 Å². The van der Waals surface area contributed by atoms with Gasteiger partial charge in [0.15, 0.2) is 0 Å². The molecular weight excluding hydrogens is 268 g/mol. The van der Waals surface area contributed by atoms with Gasteiger partial charge in [-0.05, 0) is 17.0 Å². The van der Waals surface area contributed by atoms with Gasteiger partial charge in [0, 0.05) is 20.2 Å². The van der Waals surface area contributed by atoms with E-state index in [-0.39, 0.29) is 12.5 Å². The van der Waals surface area contributed by atoms with Crippen molar-refractivity contribution in [3.05, 3.63) is 35.4 Å². The summed E-state index contributed by atoms with van der Waals surface area (Å²) in [6.07, 6.45) is -0.613. The molecule has 0 aliphatic carbocycles. The second-order valence-electron chi connectivity index (χ2n) is 5.31. The molecule has 0 aromatic heterocycles. The first-order valence-corrected chi connectivity index (χ1v) is 7.29. The number of aliphatic hydroxyl groups is 1. The van der Waals surface area contributed by atoms with E-state index in [1.165, 1.54) is 5.56 Å². The summed E-state index contributed by atoms with van der Waals surface area (Å²) >= 11 is 0. The number of hydrogen-bond acceptors (Lipinski definition) is 4. The van der Waals surface area contributed by atoms with Crippen LogP contribution in [-0.4, -0.2) is 44.4 Å². The summed E-state index contributed by atoms with van der Waals surface area (Å²) in [6, 6.07) is 7.92. The third-order valence-corrected chi connectivity index (χ3v) is 3.24. The molecule has 0 spiro atoms. The lowest BCUT2D eigenvalue weighted by molar-refractivity contribution is -0.120. The molecule has 1 aromatic carbocycles. The molecule has 0 aliphatic heterocycles. The van der Waals surface area contributed by atoms with Crippen molar-refractivity contribution in [2.75, 3.05) is 33.4 Å². The molecule has 0 fully saturated rings. The van der Waals surface area contributed by atoms with Gasteiger partial charge >= 0.3 is 0 Å². The Morgan fingerprint density at radius 1 is 1.24 bits per heavy atom. The second-order valence-corrected chi connectivity index (χ2v) is 5.31. The molecule has 3 N–H and O–H groups in total. The number of hydrogen-bond donors (Lipinski definition) is 3. The third kappa shape index (κ3) is 6.71. The van der Waals surface area contributed by atoms with Crippen LogP contribution in [0.15, 0.2) is 24.3 Å². The predicted octanol–water partition coefficient (Wildman–Crippen LogP) is 1.20. The van der Waals surface area contributed by atoms with E-state index >= 15 is 0 Å². The van der Waals surface area contributed by atoms with Crippen molar-refractivity contribution in [2.45, 2.75) is 25.9 Å². The molecule has 1 rings (SSSR count). The SMILES string of the molecule is COCCNC(=O)CNCC(O)c1ccc(C(C)C)cc1. The van der Waals surface area contributed by atoms with Gasteiger partial charge in [-0.3, -0.25) is 4.79 Å². The normalized spacial score (nSPS) is 12.4. The van der Waals surface area contributed by atoms with Gasteiger partial charge in [0.05, 0.1) is 19.3 Å². The van der Waals surface area contributed by atoms with Crippen LogP contribution in [0.25, 0.3) is 0 Å². The quantitative estimate of drug-likeness (QED) is 0.599. The van der Waals surface area contributed by atoms with Crippen LogP contribution < -0.4 is 10.6 Å². The van der Waals surface area contributed by atoms with Crippen LogP contribution in [0.1, 0.15) is 37.0 Å². The summed E-state index contributed by atoms with van der Waals surface area (Å²) < 4.78 is 4.84. The molecule has 0 bridgehead atoms. The Hall–Kier alpha value is -1.43. The van der Waals surface area contributed by atoms with Crippen LogP contribution in [0.5, 0.6) is 0 Å². The minimum Gasteiger partial charge on any atom is -0.387 e. The van der Waals surface area contributed by atoms with Crippen molar-refractivity contribution in [2.24, 2.45) is 0 Å². The van der Waals surface area contributed by atoms with E-state index in [4.69, 9.17) is 4.74 Å². The Bertz CT molecular complexity index is 418. The highest BCUT2D eigenvalue weighted by atomic mass is 16.5. The van der Waals surface area contributed by atoms with Crippen molar-refractivity contribution in [3.8, 4) is 0 Å². The molecule has 1 amide bonds. The smallest absolute Gasteiger partial charge is 0.234 e. The molecule has 118 valence electrons. The summed E-state index contributed by atoms with van der Waals surface area (Å²) in [4.78, 5) is 11.4. The van der Waals surface area contributed by atoms with Crippen LogP contribution in [-0.2, 0) is 9.53 Å². The Morgan fingerprint density at radius 2 is 1.86 bits per heavy atom. The van der Waals surface area contributed by atoms with Crippen LogP contribution in [0.2, 0.25) is 0 Å². The number of ether oxygens (including phenoxy) is 1. The van der Waals surface area contributed by atoms with E-state index in [0.717, 1.165) is 5.56 Å².